The minimum atomic E-state index is 0.150. The quantitative estimate of drug-likeness (QED) is 0.880. The Bertz CT molecular complexity index is 461. The molecule has 2 aromatic rings. The molecule has 16 heavy (non-hydrogen) atoms. The zero-order valence-corrected chi connectivity index (χ0v) is 10.9. The Labute approximate surface area is 103 Å². The van der Waals surface area contributed by atoms with E-state index in [1.54, 1.807) is 22.7 Å². The van der Waals surface area contributed by atoms with Gasteiger partial charge in [-0.25, -0.2) is 9.97 Å². The van der Waals surface area contributed by atoms with Crippen molar-refractivity contribution in [2.45, 2.75) is 26.3 Å². The minimum Gasteiger partial charge on any atom is -0.328 e. The van der Waals surface area contributed by atoms with Gasteiger partial charge in [-0.05, 0) is 13.8 Å². The molecule has 1 unspecified atom stereocenters. The summed E-state index contributed by atoms with van der Waals surface area (Å²) in [5.41, 5.74) is 7.79. The van der Waals surface area contributed by atoms with Crippen LogP contribution in [0.15, 0.2) is 10.8 Å². The lowest BCUT2D eigenvalue weighted by Gasteiger charge is -1.99. The lowest BCUT2D eigenvalue weighted by Crippen LogP contribution is -2.17. The molecule has 0 amide bonds. The van der Waals surface area contributed by atoms with Crippen molar-refractivity contribution in [3.05, 3.63) is 22.1 Å². The van der Waals surface area contributed by atoms with E-state index in [2.05, 4.69) is 15.3 Å². The van der Waals surface area contributed by atoms with E-state index in [9.17, 15) is 0 Å². The van der Waals surface area contributed by atoms with Gasteiger partial charge < -0.3 is 11.1 Å². The molecule has 0 aromatic carbocycles. The van der Waals surface area contributed by atoms with E-state index >= 15 is 0 Å². The fourth-order valence-electron chi connectivity index (χ4n) is 1.29. The van der Waals surface area contributed by atoms with E-state index in [1.165, 1.54) is 0 Å². The third-order valence-corrected chi connectivity index (χ3v) is 3.60. The van der Waals surface area contributed by atoms with Gasteiger partial charge in [0.25, 0.3) is 0 Å². The third-order valence-electron chi connectivity index (χ3n) is 1.92. The number of aromatic nitrogens is 2. The monoisotopic (exact) mass is 254 g/mol. The summed E-state index contributed by atoms with van der Waals surface area (Å²) in [6.07, 6.45) is 0.815. The molecule has 86 valence electrons. The average Bonchev–Trinajstić information content (AvgIpc) is 2.76. The fourth-order valence-corrected chi connectivity index (χ4v) is 2.76. The van der Waals surface area contributed by atoms with Gasteiger partial charge in [0.2, 0.25) is 0 Å². The van der Waals surface area contributed by atoms with Gasteiger partial charge in [-0.15, -0.1) is 22.7 Å². The Morgan fingerprint density at radius 3 is 2.62 bits per heavy atom. The second kappa shape index (κ2) is 4.90. The molecule has 3 N–H and O–H groups in total. The molecule has 2 aromatic heterocycles. The van der Waals surface area contributed by atoms with Crippen molar-refractivity contribution in [1.29, 1.82) is 0 Å². The third kappa shape index (κ3) is 3.01. The number of anilines is 2. The molecule has 0 radical (unpaired) electrons. The molecular weight excluding hydrogens is 240 g/mol. The number of hydrogen-bond donors (Lipinski definition) is 2. The van der Waals surface area contributed by atoms with E-state index in [4.69, 9.17) is 5.73 Å². The molecule has 0 aliphatic heterocycles. The van der Waals surface area contributed by atoms with Gasteiger partial charge in [0.05, 0.1) is 11.4 Å². The van der Waals surface area contributed by atoms with Gasteiger partial charge in [0.15, 0.2) is 10.3 Å². The highest BCUT2D eigenvalue weighted by Gasteiger charge is 2.06. The largest absolute Gasteiger partial charge is 0.328 e. The van der Waals surface area contributed by atoms with Crippen molar-refractivity contribution in [2.75, 3.05) is 5.32 Å². The number of rotatable bonds is 4. The normalized spacial score (nSPS) is 12.7. The Morgan fingerprint density at radius 2 is 2.00 bits per heavy atom. The molecule has 0 saturated carbocycles. The number of nitrogens with two attached hydrogens (primary N) is 1. The van der Waals surface area contributed by atoms with Gasteiger partial charge in [-0.2, -0.15) is 0 Å². The topological polar surface area (TPSA) is 63.8 Å². The van der Waals surface area contributed by atoms with Crippen LogP contribution in [0.3, 0.4) is 0 Å². The van der Waals surface area contributed by atoms with Crippen LogP contribution < -0.4 is 11.1 Å². The van der Waals surface area contributed by atoms with Crippen molar-refractivity contribution in [2.24, 2.45) is 5.73 Å². The SMILES string of the molecule is Cc1csc(Nc2nc(CC(C)N)cs2)n1. The van der Waals surface area contributed by atoms with Gasteiger partial charge in [-0.3, -0.25) is 0 Å². The van der Waals surface area contributed by atoms with Gasteiger partial charge >= 0.3 is 0 Å². The number of nitrogens with zero attached hydrogens (tertiary/aromatic N) is 2. The van der Waals surface area contributed by atoms with Crippen molar-refractivity contribution in [1.82, 2.24) is 9.97 Å². The van der Waals surface area contributed by atoms with Crippen LogP contribution in [0, 0.1) is 6.92 Å². The number of aryl methyl sites for hydroxylation is 1. The van der Waals surface area contributed by atoms with Crippen molar-refractivity contribution >= 4 is 32.9 Å². The molecule has 0 aliphatic carbocycles. The Morgan fingerprint density at radius 1 is 1.31 bits per heavy atom. The molecule has 2 heterocycles. The zero-order chi connectivity index (χ0) is 11.5. The average molecular weight is 254 g/mol. The first-order chi connectivity index (χ1) is 7.63. The minimum absolute atomic E-state index is 0.150. The summed E-state index contributed by atoms with van der Waals surface area (Å²) >= 11 is 3.17. The summed E-state index contributed by atoms with van der Waals surface area (Å²) in [5.74, 6) is 0. The molecule has 6 heteroatoms. The van der Waals surface area contributed by atoms with Crippen LogP contribution in [0.1, 0.15) is 18.3 Å². The summed E-state index contributed by atoms with van der Waals surface area (Å²) in [6.45, 7) is 3.96. The molecule has 4 nitrogen and oxygen atoms in total. The van der Waals surface area contributed by atoms with Crippen LogP contribution in [0.25, 0.3) is 0 Å². The summed E-state index contributed by atoms with van der Waals surface area (Å²) in [6, 6.07) is 0.150. The second-order valence-corrected chi connectivity index (χ2v) is 5.46. The summed E-state index contributed by atoms with van der Waals surface area (Å²) in [4.78, 5) is 8.77. The van der Waals surface area contributed by atoms with E-state index in [1.807, 2.05) is 24.6 Å². The zero-order valence-electron chi connectivity index (χ0n) is 9.23. The van der Waals surface area contributed by atoms with E-state index in [0.29, 0.717) is 0 Å². The lowest BCUT2D eigenvalue weighted by molar-refractivity contribution is 0.726. The van der Waals surface area contributed by atoms with Crippen LogP contribution in [0.2, 0.25) is 0 Å². The molecule has 0 aliphatic rings. The standard InChI is InChI=1S/C10H14N4S2/c1-6(11)3-8-5-16-10(13-8)14-9-12-7(2)4-15-9/h4-6H,3,11H2,1-2H3,(H,12,13,14). The molecular formula is C10H14N4S2. The van der Waals surface area contributed by atoms with Crippen molar-refractivity contribution < 1.29 is 0 Å². The first-order valence-corrected chi connectivity index (χ1v) is 6.78. The highest BCUT2D eigenvalue weighted by atomic mass is 32.1. The second-order valence-electron chi connectivity index (χ2n) is 3.74. The molecule has 0 saturated heterocycles. The summed E-state index contributed by atoms with van der Waals surface area (Å²) in [7, 11) is 0. The highest BCUT2D eigenvalue weighted by molar-refractivity contribution is 7.16. The van der Waals surface area contributed by atoms with Crippen LogP contribution in [0.5, 0.6) is 0 Å². The fraction of sp³-hybridized carbons (Fsp3) is 0.400. The molecule has 0 spiro atoms. The van der Waals surface area contributed by atoms with Gasteiger partial charge in [0.1, 0.15) is 0 Å². The highest BCUT2D eigenvalue weighted by Crippen LogP contribution is 2.23. The predicted molar refractivity (Wildman–Crippen MR) is 69.6 cm³/mol. The van der Waals surface area contributed by atoms with E-state index in [-0.39, 0.29) is 6.04 Å². The maximum absolute atomic E-state index is 5.72. The first kappa shape index (κ1) is 11.5. The molecule has 2 rings (SSSR count). The van der Waals surface area contributed by atoms with E-state index < -0.39 is 0 Å². The predicted octanol–water partition coefficient (Wildman–Crippen LogP) is 2.54. The Balaban J connectivity index is 2.02. The Kier molecular flexibility index (Phi) is 3.52. The van der Waals surface area contributed by atoms with Crippen LogP contribution in [-0.4, -0.2) is 16.0 Å². The summed E-state index contributed by atoms with van der Waals surface area (Å²) in [5, 5.41) is 9.01. The smallest absolute Gasteiger partial charge is 0.189 e. The summed E-state index contributed by atoms with van der Waals surface area (Å²) < 4.78 is 0. The van der Waals surface area contributed by atoms with Crippen LogP contribution in [0.4, 0.5) is 10.3 Å². The molecule has 0 fully saturated rings. The molecule has 0 bridgehead atoms. The Hall–Kier alpha value is -0.980. The van der Waals surface area contributed by atoms with Crippen molar-refractivity contribution in [3.63, 3.8) is 0 Å². The maximum atomic E-state index is 5.72. The van der Waals surface area contributed by atoms with Gasteiger partial charge in [-0.1, -0.05) is 0 Å². The van der Waals surface area contributed by atoms with Crippen LogP contribution in [-0.2, 0) is 6.42 Å². The van der Waals surface area contributed by atoms with Crippen molar-refractivity contribution in [3.8, 4) is 0 Å². The van der Waals surface area contributed by atoms with Crippen LogP contribution >= 0.6 is 22.7 Å². The number of nitrogens with one attached hydrogen (secondary N) is 1. The number of hydrogen-bond acceptors (Lipinski definition) is 6. The maximum Gasteiger partial charge on any atom is 0.189 e. The number of thiazole rings is 2. The first-order valence-electron chi connectivity index (χ1n) is 5.02. The lowest BCUT2D eigenvalue weighted by atomic mass is 10.2. The van der Waals surface area contributed by atoms with E-state index in [0.717, 1.165) is 28.1 Å². The molecule has 1 atom stereocenters. The van der Waals surface area contributed by atoms with Gasteiger partial charge in [0, 0.05) is 23.2 Å².